The number of nitrogens with one attached hydrogen (secondary N) is 1. The maximum absolute atomic E-state index is 11.9. The molecule has 0 aliphatic heterocycles. The van der Waals surface area contributed by atoms with Crippen LogP contribution in [0.1, 0.15) is 0 Å². The van der Waals surface area contributed by atoms with Crippen molar-refractivity contribution >= 4 is 34.3 Å². The zero-order chi connectivity index (χ0) is 14.7. The monoisotopic (exact) mass is 298 g/mol. The van der Waals surface area contributed by atoms with Crippen molar-refractivity contribution in [1.29, 1.82) is 0 Å². The quantitative estimate of drug-likeness (QED) is 0.758. The van der Waals surface area contributed by atoms with Crippen LogP contribution in [-0.4, -0.2) is 11.1 Å². The number of amides is 1. The molecule has 0 spiro atoms. The molecule has 0 unspecified atom stereocenters. The van der Waals surface area contributed by atoms with Crippen molar-refractivity contribution in [2.24, 2.45) is 0 Å². The van der Waals surface area contributed by atoms with Crippen molar-refractivity contribution < 1.29 is 9.53 Å². The molecule has 0 bridgehead atoms. The molecule has 1 aromatic heterocycles. The lowest BCUT2D eigenvalue weighted by Crippen LogP contribution is -2.16. The normalized spacial score (nSPS) is 10.3. The summed E-state index contributed by atoms with van der Waals surface area (Å²) in [6.07, 6.45) is 1.09. The highest BCUT2D eigenvalue weighted by Crippen LogP contribution is 2.28. The molecule has 104 valence electrons. The third-order valence-corrected chi connectivity index (χ3v) is 3.22. The largest absolute Gasteiger partial charge is 0.417 e. The number of halogens is 1. The van der Waals surface area contributed by atoms with Gasteiger partial charge in [-0.1, -0.05) is 29.8 Å². The number of anilines is 1. The minimum absolute atomic E-state index is 0.478. The zero-order valence-electron chi connectivity index (χ0n) is 10.9. The van der Waals surface area contributed by atoms with Crippen LogP contribution in [0.4, 0.5) is 10.5 Å². The molecule has 0 atom stereocenters. The van der Waals surface area contributed by atoms with Crippen LogP contribution < -0.4 is 10.1 Å². The molecule has 1 heterocycles. The molecule has 0 aliphatic carbocycles. The molecule has 1 amide bonds. The van der Waals surface area contributed by atoms with Gasteiger partial charge in [-0.15, -0.1) is 0 Å². The van der Waals surface area contributed by atoms with Crippen LogP contribution >= 0.6 is 11.6 Å². The van der Waals surface area contributed by atoms with Gasteiger partial charge in [0.05, 0.1) is 16.2 Å². The number of hydrogen-bond acceptors (Lipinski definition) is 3. The third kappa shape index (κ3) is 2.95. The summed E-state index contributed by atoms with van der Waals surface area (Å²) in [4.78, 5) is 16.1. The van der Waals surface area contributed by atoms with E-state index in [9.17, 15) is 4.79 Å². The summed E-state index contributed by atoms with van der Waals surface area (Å²) in [6, 6.07) is 15.9. The Hall–Kier alpha value is -2.59. The molecule has 4 nitrogen and oxygen atoms in total. The number of ether oxygens (including phenoxy) is 1. The van der Waals surface area contributed by atoms with Crippen LogP contribution in [0.15, 0.2) is 60.8 Å². The fourth-order valence-electron chi connectivity index (χ4n) is 1.98. The van der Waals surface area contributed by atoms with E-state index in [4.69, 9.17) is 16.3 Å². The molecule has 0 fully saturated rings. The number of benzene rings is 2. The average molecular weight is 299 g/mol. The van der Waals surface area contributed by atoms with Gasteiger partial charge in [0, 0.05) is 11.6 Å². The van der Waals surface area contributed by atoms with Gasteiger partial charge in [0.1, 0.15) is 5.75 Å². The van der Waals surface area contributed by atoms with Crippen molar-refractivity contribution in [2.75, 3.05) is 5.32 Å². The fraction of sp³-hybridized carbons (Fsp3) is 0. The second-order valence-corrected chi connectivity index (χ2v) is 4.73. The van der Waals surface area contributed by atoms with E-state index >= 15 is 0 Å². The van der Waals surface area contributed by atoms with Gasteiger partial charge in [-0.05, 0) is 36.4 Å². The first-order valence-electron chi connectivity index (χ1n) is 6.31. The second-order valence-electron chi connectivity index (χ2n) is 4.32. The van der Waals surface area contributed by atoms with Gasteiger partial charge in [0.2, 0.25) is 0 Å². The first kappa shape index (κ1) is 13.4. The molecular formula is C16H11ClN2O2. The Morgan fingerprint density at radius 3 is 2.67 bits per heavy atom. The number of aromatic nitrogens is 1. The van der Waals surface area contributed by atoms with Crippen LogP contribution in [0.2, 0.25) is 5.02 Å². The summed E-state index contributed by atoms with van der Waals surface area (Å²) in [5.41, 5.74) is 1.24. The minimum Gasteiger partial charge on any atom is -0.410 e. The van der Waals surface area contributed by atoms with Gasteiger partial charge in [-0.3, -0.25) is 10.3 Å². The number of hydrogen-bond donors (Lipinski definition) is 1. The Labute approximate surface area is 126 Å². The number of carbonyl (C=O) groups excluding carboxylic acids is 1. The lowest BCUT2D eigenvalue weighted by Gasteiger charge is -2.09. The van der Waals surface area contributed by atoms with Crippen molar-refractivity contribution in [2.45, 2.75) is 0 Å². The molecule has 0 aliphatic rings. The lowest BCUT2D eigenvalue weighted by molar-refractivity contribution is 0.215. The standard InChI is InChI=1S/C16H11ClN2O2/c17-13-8-9-14(12-7-4-10-18-15(12)13)19-16(20)21-11-5-2-1-3-6-11/h1-10H,(H,19,20). The number of carbonyl (C=O) groups is 1. The van der Waals surface area contributed by atoms with Gasteiger partial charge in [0.15, 0.2) is 0 Å². The minimum atomic E-state index is -0.561. The number of fused-ring (bicyclic) bond motifs is 1. The Morgan fingerprint density at radius 2 is 1.86 bits per heavy atom. The SMILES string of the molecule is O=C(Nc1ccc(Cl)c2ncccc12)Oc1ccccc1. The van der Waals surface area contributed by atoms with Crippen LogP contribution in [0, 0.1) is 0 Å². The van der Waals surface area contributed by atoms with Crippen LogP contribution in [0.3, 0.4) is 0 Å². The Balaban J connectivity index is 1.85. The van der Waals surface area contributed by atoms with Gasteiger partial charge >= 0.3 is 6.09 Å². The van der Waals surface area contributed by atoms with Gasteiger partial charge in [0.25, 0.3) is 0 Å². The number of rotatable bonds is 2. The maximum Gasteiger partial charge on any atom is 0.417 e. The Bertz CT molecular complexity index is 791. The summed E-state index contributed by atoms with van der Waals surface area (Å²) >= 11 is 6.09. The molecule has 0 saturated heterocycles. The highest BCUT2D eigenvalue weighted by molar-refractivity contribution is 6.35. The van der Waals surface area contributed by atoms with E-state index in [1.807, 2.05) is 12.1 Å². The van der Waals surface area contributed by atoms with Gasteiger partial charge < -0.3 is 4.74 Å². The molecule has 0 saturated carbocycles. The summed E-state index contributed by atoms with van der Waals surface area (Å²) in [7, 11) is 0. The van der Waals surface area contributed by atoms with Crippen molar-refractivity contribution in [1.82, 2.24) is 4.98 Å². The predicted molar refractivity (Wildman–Crippen MR) is 82.8 cm³/mol. The maximum atomic E-state index is 11.9. The first-order chi connectivity index (χ1) is 10.2. The highest BCUT2D eigenvalue weighted by atomic mass is 35.5. The topological polar surface area (TPSA) is 51.2 Å². The van der Waals surface area contributed by atoms with Crippen LogP contribution in [0.25, 0.3) is 10.9 Å². The van der Waals surface area contributed by atoms with Gasteiger partial charge in [-0.25, -0.2) is 4.79 Å². The molecule has 3 aromatic rings. The van der Waals surface area contributed by atoms with E-state index < -0.39 is 6.09 Å². The zero-order valence-corrected chi connectivity index (χ0v) is 11.7. The van der Waals surface area contributed by atoms with Crippen molar-refractivity contribution in [3.8, 4) is 5.75 Å². The molecule has 3 rings (SSSR count). The van der Waals surface area contributed by atoms with Crippen LogP contribution in [0.5, 0.6) is 5.75 Å². The van der Waals surface area contributed by atoms with E-state index in [2.05, 4.69) is 10.3 Å². The molecule has 0 radical (unpaired) electrons. The summed E-state index contributed by atoms with van der Waals surface area (Å²) < 4.78 is 5.19. The smallest absolute Gasteiger partial charge is 0.410 e. The summed E-state index contributed by atoms with van der Waals surface area (Å²) in [5.74, 6) is 0.478. The molecular weight excluding hydrogens is 288 g/mol. The average Bonchev–Trinajstić information content (AvgIpc) is 2.51. The fourth-order valence-corrected chi connectivity index (χ4v) is 2.19. The number of nitrogens with zero attached hydrogens (tertiary/aromatic N) is 1. The second kappa shape index (κ2) is 5.81. The van der Waals surface area contributed by atoms with E-state index in [-0.39, 0.29) is 0 Å². The Morgan fingerprint density at radius 1 is 1.05 bits per heavy atom. The van der Waals surface area contributed by atoms with Gasteiger partial charge in [-0.2, -0.15) is 0 Å². The van der Waals surface area contributed by atoms with Crippen LogP contribution in [-0.2, 0) is 0 Å². The molecule has 1 N–H and O–H groups in total. The summed E-state index contributed by atoms with van der Waals surface area (Å²) in [6.45, 7) is 0. The highest BCUT2D eigenvalue weighted by Gasteiger charge is 2.10. The van der Waals surface area contributed by atoms with E-state index in [1.54, 1.807) is 48.7 Å². The molecule has 21 heavy (non-hydrogen) atoms. The molecule has 5 heteroatoms. The summed E-state index contributed by atoms with van der Waals surface area (Å²) in [5, 5.41) is 3.99. The van der Waals surface area contributed by atoms with E-state index in [0.29, 0.717) is 22.0 Å². The molecule has 2 aromatic carbocycles. The lowest BCUT2D eigenvalue weighted by atomic mass is 10.2. The third-order valence-electron chi connectivity index (χ3n) is 2.91. The first-order valence-corrected chi connectivity index (χ1v) is 6.69. The van der Waals surface area contributed by atoms with Crippen molar-refractivity contribution in [3.63, 3.8) is 0 Å². The predicted octanol–water partition coefficient (Wildman–Crippen LogP) is 4.50. The Kier molecular flexibility index (Phi) is 3.71. The van der Waals surface area contributed by atoms with Crippen molar-refractivity contribution in [3.05, 3.63) is 65.8 Å². The van der Waals surface area contributed by atoms with E-state index in [1.165, 1.54) is 0 Å². The van der Waals surface area contributed by atoms with E-state index in [0.717, 1.165) is 5.39 Å². The number of pyridine rings is 1. The number of para-hydroxylation sites is 1.